The lowest BCUT2D eigenvalue weighted by Gasteiger charge is -2.10. The highest BCUT2D eigenvalue weighted by Crippen LogP contribution is 2.13. The van der Waals surface area contributed by atoms with E-state index < -0.39 is 0 Å². The molecule has 0 N–H and O–H groups in total. The Morgan fingerprint density at radius 1 is 0.846 bits per heavy atom. The maximum Gasteiger partial charge on any atom is 0.125 e. The first-order valence-electron chi connectivity index (χ1n) is 5.08. The van der Waals surface area contributed by atoms with Gasteiger partial charge in [0.25, 0.3) is 0 Å². The van der Waals surface area contributed by atoms with Crippen molar-refractivity contribution < 1.29 is 0 Å². The fourth-order valence-electron chi connectivity index (χ4n) is 1.71. The topological polar surface area (TPSA) is 25.8 Å². The van der Waals surface area contributed by atoms with Crippen molar-refractivity contribution in [2.45, 2.75) is 47.0 Å². The standard InChI is InChI=1S/C11H18N2/c1-5-9-10(6-2)12-8(4)13-11(9)7-3/h5-7H2,1-4H3. The van der Waals surface area contributed by atoms with Crippen LogP contribution in [0, 0.1) is 6.92 Å². The molecule has 0 fully saturated rings. The van der Waals surface area contributed by atoms with E-state index in [-0.39, 0.29) is 0 Å². The monoisotopic (exact) mass is 178 g/mol. The van der Waals surface area contributed by atoms with Crippen LogP contribution in [0.5, 0.6) is 0 Å². The Morgan fingerprint density at radius 3 is 1.62 bits per heavy atom. The fourth-order valence-corrected chi connectivity index (χ4v) is 1.71. The van der Waals surface area contributed by atoms with Crippen LogP contribution in [0.3, 0.4) is 0 Å². The zero-order chi connectivity index (χ0) is 9.84. The molecule has 1 aromatic rings. The van der Waals surface area contributed by atoms with Crippen LogP contribution in [0.4, 0.5) is 0 Å². The molecule has 2 nitrogen and oxygen atoms in total. The van der Waals surface area contributed by atoms with E-state index in [1.165, 1.54) is 17.0 Å². The zero-order valence-corrected chi connectivity index (χ0v) is 9.02. The summed E-state index contributed by atoms with van der Waals surface area (Å²) >= 11 is 0. The van der Waals surface area contributed by atoms with E-state index in [1.807, 2.05) is 6.92 Å². The summed E-state index contributed by atoms with van der Waals surface area (Å²) in [6.45, 7) is 8.45. The van der Waals surface area contributed by atoms with Gasteiger partial charge < -0.3 is 0 Å². The quantitative estimate of drug-likeness (QED) is 0.710. The second-order valence-corrected chi connectivity index (χ2v) is 3.20. The number of hydrogen-bond donors (Lipinski definition) is 0. The molecule has 0 aliphatic carbocycles. The van der Waals surface area contributed by atoms with Crippen molar-refractivity contribution in [3.8, 4) is 0 Å². The van der Waals surface area contributed by atoms with Gasteiger partial charge in [-0.15, -0.1) is 0 Å². The molecule has 0 amide bonds. The second-order valence-electron chi connectivity index (χ2n) is 3.20. The van der Waals surface area contributed by atoms with Crippen molar-refractivity contribution in [1.29, 1.82) is 0 Å². The molecule has 0 atom stereocenters. The summed E-state index contributed by atoms with van der Waals surface area (Å²) in [5.41, 5.74) is 3.81. The van der Waals surface area contributed by atoms with Gasteiger partial charge in [0.1, 0.15) is 5.82 Å². The zero-order valence-electron chi connectivity index (χ0n) is 9.02. The Hall–Kier alpha value is -0.920. The molecule has 0 spiro atoms. The molecule has 0 saturated heterocycles. The lowest BCUT2D eigenvalue weighted by Crippen LogP contribution is -2.06. The molecule has 0 aliphatic heterocycles. The highest BCUT2D eigenvalue weighted by atomic mass is 14.9. The number of aromatic nitrogens is 2. The summed E-state index contributed by atoms with van der Waals surface area (Å²) < 4.78 is 0. The number of hydrogen-bond acceptors (Lipinski definition) is 2. The van der Waals surface area contributed by atoms with Gasteiger partial charge in [-0.3, -0.25) is 0 Å². The van der Waals surface area contributed by atoms with E-state index in [4.69, 9.17) is 0 Å². The third-order valence-electron chi connectivity index (χ3n) is 2.31. The molecule has 72 valence electrons. The largest absolute Gasteiger partial charge is 0.238 e. The first-order valence-corrected chi connectivity index (χ1v) is 5.08. The van der Waals surface area contributed by atoms with Gasteiger partial charge in [0, 0.05) is 11.4 Å². The van der Waals surface area contributed by atoms with Gasteiger partial charge in [0.2, 0.25) is 0 Å². The van der Waals surface area contributed by atoms with Crippen LogP contribution < -0.4 is 0 Å². The average Bonchev–Trinajstić information content (AvgIpc) is 2.16. The van der Waals surface area contributed by atoms with E-state index >= 15 is 0 Å². The van der Waals surface area contributed by atoms with Crippen molar-refractivity contribution in [1.82, 2.24) is 9.97 Å². The van der Waals surface area contributed by atoms with Crippen LogP contribution in [-0.4, -0.2) is 9.97 Å². The van der Waals surface area contributed by atoms with Crippen LogP contribution in [-0.2, 0) is 19.3 Å². The van der Waals surface area contributed by atoms with Crippen LogP contribution >= 0.6 is 0 Å². The van der Waals surface area contributed by atoms with Crippen LogP contribution in [0.25, 0.3) is 0 Å². The van der Waals surface area contributed by atoms with Gasteiger partial charge in [-0.2, -0.15) is 0 Å². The summed E-state index contributed by atoms with van der Waals surface area (Å²) in [5, 5.41) is 0. The van der Waals surface area contributed by atoms with Gasteiger partial charge >= 0.3 is 0 Å². The van der Waals surface area contributed by atoms with Gasteiger partial charge in [-0.05, 0) is 31.7 Å². The molecular weight excluding hydrogens is 160 g/mol. The summed E-state index contributed by atoms with van der Waals surface area (Å²) in [7, 11) is 0. The van der Waals surface area contributed by atoms with Gasteiger partial charge in [0.05, 0.1) is 0 Å². The van der Waals surface area contributed by atoms with E-state index in [0.29, 0.717) is 0 Å². The van der Waals surface area contributed by atoms with E-state index in [0.717, 1.165) is 25.1 Å². The number of nitrogens with zero attached hydrogens (tertiary/aromatic N) is 2. The Bertz CT molecular complexity index is 267. The summed E-state index contributed by atoms with van der Waals surface area (Å²) in [6, 6.07) is 0. The average molecular weight is 178 g/mol. The van der Waals surface area contributed by atoms with Crippen LogP contribution in [0.1, 0.15) is 43.5 Å². The molecule has 13 heavy (non-hydrogen) atoms. The Labute approximate surface area is 80.4 Å². The number of rotatable bonds is 3. The first-order chi connectivity index (χ1) is 6.22. The molecule has 0 aromatic carbocycles. The molecular formula is C11H18N2. The number of aryl methyl sites for hydroxylation is 3. The molecule has 0 bridgehead atoms. The fraction of sp³-hybridized carbons (Fsp3) is 0.636. The Morgan fingerprint density at radius 2 is 1.31 bits per heavy atom. The van der Waals surface area contributed by atoms with Gasteiger partial charge in [-0.1, -0.05) is 20.8 Å². The highest BCUT2D eigenvalue weighted by molar-refractivity contribution is 5.26. The maximum atomic E-state index is 4.46. The van der Waals surface area contributed by atoms with Crippen molar-refractivity contribution in [3.05, 3.63) is 22.8 Å². The van der Waals surface area contributed by atoms with Gasteiger partial charge in [0.15, 0.2) is 0 Å². The molecule has 0 unspecified atom stereocenters. The SMILES string of the molecule is CCc1nc(C)nc(CC)c1CC. The van der Waals surface area contributed by atoms with E-state index in [2.05, 4.69) is 30.7 Å². The maximum absolute atomic E-state index is 4.46. The normalized spacial score (nSPS) is 10.5. The highest BCUT2D eigenvalue weighted by Gasteiger charge is 2.07. The molecule has 2 heteroatoms. The van der Waals surface area contributed by atoms with Crippen molar-refractivity contribution in [2.24, 2.45) is 0 Å². The van der Waals surface area contributed by atoms with E-state index in [9.17, 15) is 0 Å². The molecule has 1 heterocycles. The predicted molar refractivity (Wildman–Crippen MR) is 54.9 cm³/mol. The van der Waals surface area contributed by atoms with Gasteiger partial charge in [-0.25, -0.2) is 9.97 Å². The van der Waals surface area contributed by atoms with E-state index in [1.54, 1.807) is 0 Å². The van der Waals surface area contributed by atoms with Crippen molar-refractivity contribution in [3.63, 3.8) is 0 Å². The van der Waals surface area contributed by atoms with Crippen LogP contribution in [0.15, 0.2) is 0 Å². The summed E-state index contributed by atoms with van der Waals surface area (Å²) in [6.07, 6.45) is 3.08. The molecule has 1 aromatic heterocycles. The molecule has 1 rings (SSSR count). The summed E-state index contributed by atoms with van der Waals surface area (Å²) in [5.74, 6) is 0.908. The molecule has 0 aliphatic rings. The Kier molecular flexibility index (Phi) is 3.40. The minimum absolute atomic E-state index is 0.908. The third kappa shape index (κ3) is 2.06. The molecule has 0 radical (unpaired) electrons. The first kappa shape index (κ1) is 10.2. The lowest BCUT2D eigenvalue weighted by atomic mass is 10.1. The minimum Gasteiger partial charge on any atom is -0.238 e. The van der Waals surface area contributed by atoms with Crippen molar-refractivity contribution >= 4 is 0 Å². The van der Waals surface area contributed by atoms with Crippen molar-refractivity contribution in [2.75, 3.05) is 0 Å². The molecule has 0 saturated carbocycles. The second kappa shape index (κ2) is 4.35. The smallest absolute Gasteiger partial charge is 0.125 e. The minimum atomic E-state index is 0.908. The Balaban J connectivity index is 3.25. The lowest BCUT2D eigenvalue weighted by molar-refractivity contribution is 0.841. The predicted octanol–water partition coefficient (Wildman–Crippen LogP) is 2.47. The third-order valence-corrected chi connectivity index (χ3v) is 2.31. The summed E-state index contributed by atoms with van der Waals surface area (Å²) in [4.78, 5) is 8.92. The van der Waals surface area contributed by atoms with Crippen LogP contribution in [0.2, 0.25) is 0 Å².